The van der Waals surface area contributed by atoms with E-state index < -0.39 is 6.23 Å². The lowest BCUT2D eigenvalue weighted by Crippen LogP contribution is -2.33. The first-order chi connectivity index (χ1) is 6.24. The summed E-state index contributed by atoms with van der Waals surface area (Å²) in [6, 6.07) is 8.54. The van der Waals surface area contributed by atoms with Crippen molar-refractivity contribution in [3.8, 4) is 12.3 Å². The molecule has 0 aliphatic heterocycles. The van der Waals surface area contributed by atoms with Crippen LogP contribution in [0.25, 0.3) is 0 Å². The Morgan fingerprint density at radius 3 is 2.62 bits per heavy atom. The molecule has 1 unspecified atom stereocenters. The highest BCUT2D eigenvalue weighted by atomic mass is 16.3. The predicted octanol–water partition coefficient (Wildman–Crippen LogP) is 0.368. The quantitative estimate of drug-likeness (QED) is 0.504. The van der Waals surface area contributed by atoms with Crippen LogP contribution < -0.4 is 5.32 Å². The zero-order valence-electron chi connectivity index (χ0n) is 6.90. The molecule has 0 radical (unpaired) electrons. The summed E-state index contributed by atoms with van der Waals surface area (Å²) in [5.74, 6) is 1.61. The molecule has 0 aliphatic carbocycles. The van der Waals surface area contributed by atoms with Crippen LogP contribution in [-0.2, 0) is 0 Å². The topological polar surface area (TPSA) is 49.3 Å². The van der Waals surface area contributed by atoms with E-state index in [0.717, 1.165) is 0 Å². The van der Waals surface area contributed by atoms with E-state index in [1.165, 1.54) is 0 Å². The third-order valence-electron chi connectivity index (χ3n) is 1.46. The molecule has 0 saturated heterocycles. The maximum Gasteiger partial charge on any atom is 0.254 e. The van der Waals surface area contributed by atoms with Crippen LogP contribution in [0.4, 0.5) is 0 Å². The van der Waals surface area contributed by atoms with Gasteiger partial charge in [0.05, 0.1) is 0 Å². The number of benzene rings is 1. The lowest BCUT2D eigenvalue weighted by Gasteiger charge is -2.05. The molecule has 1 aromatic rings. The summed E-state index contributed by atoms with van der Waals surface area (Å²) in [7, 11) is 0. The second kappa shape index (κ2) is 4.29. The molecule has 1 aromatic carbocycles. The van der Waals surface area contributed by atoms with Gasteiger partial charge in [-0.15, -0.1) is 6.42 Å². The van der Waals surface area contributed by atoms with Gasteiger partial charge in [0.15, 0.2) is 6.23 Å². The summed E-state index contributed by atoms with van der Waals surface area (Å²) < 4.78 is 0. The van der Waals surface area contributed by atoms with Gasteiger partial charge in [-0.05, 0) is 12.1 Å². The number of rotatable bonds is 2. The van der Waals surface area contributed by atoms with Crippen LogP contribution >= 0.6 is 0 Å². The zero-order valence-corrected chi connectivity index (χ0v) is 6.90. The minimum atomic E-state index is -1.23. The van der Waals surface area contributed by atoms with E-state index in [1.807, 2.05) is 5.92 Å². The van der Waals surface area contributed by atoms with Crippen molar-refractivity contribution < 1.29 is 9.90 Å². The molecule has 3 heteroatoms. The monoisotopic (exact) mass is 175 g/mol. The highest BCUT2D eigenvalue weighted by Crippen LogP contribution is 1.97. The number of carbonyl (C=O) groups is 1. The SMILES string of the molecule is C#CC(O)NC(=O)c1ccccc1. The Kier molecular flexibility index (Phi) is 3.07. The van der Waals surface area contributed by atoms with Gasteiger partial charge in [0.2, 0.25) is 0 Å². The van der Waals surface area contributed by atoms with Crippen molar-refractivity contribution in [3.63, 3.8) is 0 Å². The summed E-state index contributed by atoms with van der Waals surface area (Å²) >= 11 is 0. The number of aliphatic hydroxyl groups is 1. The summed E-state index contributed by atoms with van der Waals surface area (Å²) in [4.78, 5) is 11.2. The smallest absolute Gasteiger partial charge is 0.254 e. The van der Waals surface area contributed by atoms with E-state index in [4.69, 9.17) is 11.5 Å². The van der Waals surface area contributed by atoms with Crippen molar-refractivity contribution in [2.45, 2.75) is 6.23 Å². The van der Waals surface area contributed by atoms with E-state index >= 15 is 0 Å². The second-order valence-electron chi connectivity index (χ2n) is 2.41. The maximum atomic E-state index is 11.2. The molecule has 3 nitrogen and oxygen atoms in total. The first-order valence-electron chi connectivity index (χ1n) is 3.74. The Labute approximate surface area is 76.4 Å². The summed E-state index contributed by atoms with van der Waals surface area (Å²) in [5, 5.41) is 11.1. The Morgan fingerprint density at radius 1 is 1.46 bits per heavy atom. The molecule has 0 saturated carbocycles. The van der Waals surface area contributed by atoms with Crippen LogP contribution in [0.15, 0.2) is 30.3 Å². The van der Waals surface area contributed by atoms with Crippen LogP contribution in [0.2, 0.25) is 0 Å². The Morgan fingerprint density at radius 2 is 2.08 bits per heavy atom. The Hall–Kier alpha value is -1.79. The summed E-state index contributed by atoms with van der Waals surface area (Å²) in [6.07, 6.45) is 3.65. The minimum absolute atomic E-state index is 0.383. The molecule has 0 spiro atoms. The fraction of sp³-hybridized carbons (Fsp3) is 0.100. The van der Waals surface area contributed by atoms with Crippen molar-refractivity contribution in [2.75, 3.05) is 0 Å². The van der Waals surface area contributed by atoms with Gasteiger partial charge in [-0.3, -0.25) is 4.79 Å². The fourth-order valence-corrected chi connectivity index (χ4v) is 0.839. The maximum absolute atomic E-state index is 11.2. The van der Waals surface area contributed by atoms with Crippen molar-refractivity contribution in [3.05, 3.63) is 35.9 Å². The van der Waals surface area contributed by atoms with E-state index in [9.17, 15) is 4.79 Å². The lowest BCUT2D eigenvalue weighted by molar-refractivity contribution is 0.0864. The molecule has 0 fully saturated rings. The van der Waals surface area contributed by atoms with E-state index in [-0.39, 0.29) is 5.91 Å². The average Bonchev–Trinajstić information content (AvgIpc) is 2.19. The van der Waals surface area contributed by atoms with Crippen LogP contribution in [0.3, 0.4) is 0 Å². The third-order valence-corrected chi connectivity index (χ3v) is 1.46. The number of hydrogen-bond acceptors (Lipinski definition) is 2. The highest BCUT2D eigenvalue weighted by molar-refractivity contribution is 5.94. The van der Waals surface area contributed by atoms with Crippen molar-refractivity contribution in [2.24, 2.45) is 0 Å². The third kappa shape index (κ3) is 2.62. The molecule has 13 heavy (non-hydrogen) atoms. The molecule has 0 aliphatic rings. The van der Waals surface area contributed by atoms with E-state index in [0.29, 0.717) is 5.56 Å². The standard InChI is InChI=1S/C10H9NO2/c1-2-9(12)11-10(13)8-6-4-3-5-7-8/h1,3-7,9,12H,(H,11,13). The first-order valence-corrected chi connectivity index (χ1v) is 3.74. The first kappa shape index (κ1) is 9.30. The molecule has 0 aromatic heterocycles. The van der Waals surface area contributed by atoms with Gasteiger partial charge < -0.3 is 10.4 Å². The molecule has 1 rings (SSSR count). The summed E-state index contributed by atoms with van der Waals surface area (Å²) in [6.45, 7) is 0. The number of aliphatic hydroxyl groups excluding tert-OH is 1. The van der Waals surface area contributed by atoms with Crippen molar-refractivity contribution in [1.82, 2.24) is 5.32 Å². The molecule has 66 valence electrons. The second-order valence-corrected chi connectivity index (χ2v) is 2.41. The molecular formula is C10H9NO2. The molecule has 0 bridgehead atoms. The number of hydrogen-bond donors (Lipinski definition) is 2. The largest absolute Gasteiger partial charge is 0.363 e. The molecule has 0 heterocycles. The minimum Gasteiger partial charge on any atom is -0.363 e. The highest BCUT2D eigenvalue weighted by Gasteiger charge is 2.06. The number of carbonyl (C=O) groups excluding carboxylic acids is 1. The van der Waals surface area contributed by atoms with Gasteiger partial charge in [0.25, 0.3) is 5.91 Å². The van der Waals surface area contributed by atoms with Gasteiger partial charge in [-0.25, -0.2) is 0 Å². The van der Waals surface area contributed by atoms with Crippen LogP contribution in [0, 0.1) is 12.3 Å². The molecule has 1 amide bonds. The summed E-state index contributed by atoms with van der Waals surface area (Å²) in [5.41, 5.74) is 0.469. The number of terminal acetylenes is 1. The van der Waals surface area contributed by atoms with Gasteiger partial charge in [-0.2, -0.15) is 0 Å². The normalized spacial score (nSPS) is 11.4. The van der Waals surface area contributed by atoms with Crippen LogP contribution in [-0.4, -0.2) is 17.2 Å². The predicted molar refractivity (Wildman–Crippen MR) is 48.7 cm³/mol. The molecule has 1 atom stereocenters. The lowest BCUT2D eigenvalue weighted by atomic mass is 10.2. The number of amides is 1. The van der Waals surface area contributed by atoms with Gasteiger partial charge >= 0.3 is 0 Å². The number of nitrogens with one attached hydrogen (secondary N) is 1. The average molecular weight is 175 g/mol. The Balaban J connectivity index is 2.66. The van der Waals surface area contributed by atoms with E-state index in [2.05, 4.69) is 5.32 Å². The van der Waals surface area contributed by atoms with E-state index in [1.54, 1.807) is 30.3 Å². The van der Waals surface area contributed by atoms with Crippen molar-refractivity contribution >= 4 is 5.91 Å². The van der Waals surface area contributed by atoms with Gasteiger partial charge in [-0.1, -0.05) is 24.1 Å². The molecular weight excluding hydrogens is 166 g/mol. The fourth-order valence-electron chi connectivity index (χ4n) is 0.839. The van der Waals surface area contributed by atoms with Crippen LogP contribution in [0.5, 0.6) is 0 Å². The van der Waals surface area contributed by atoms with Gasteiger partial charge in [0.1, 0.15) is 0 Å². The van der Waals surface area contributed by atoms with Crippen molar-refractivity contribution in [1.29, 1.82) is 0 Å². The van der Waals surface area contributed by atoms with Crippen LogP contribution in [0.1, 0.15) is 10.4 Å². The zero-order chi connectivity index (χ0) is 9.68. The van der Waals surface area contributed by atoms with Gasteiger partial charge in [0, 0.05) is 5.56 Å². The molecule has 2 N–H and O–H groups in total. The Bertz CT molecular complexity index is 327.